The van der Waals surface area contributed by atoms with Gasteiger partial charge in [-0.2, -0.15) is 13.2 Å². The number of amides is 2. The summed E-state index contributed by atoms with van der Waals surface area (Å²) in [7, 11) is -2.45. The first-order valence-corrected chi connectivity index (χ1v) is 10.4. The number of pyridine rings is 2. The molecule has 1 aliphatic heterocycles. The van der Waals surface area contributed by atoms with Crippen LogP contribution in [0.25, 0.3) is 0 Å². The van der Waals surface area contributed by atoms with Crippen LogP contribution >= 0.6 is 0 Å². The van der Waals surface area contributed by atoms with Crippen LogP contribution in [0.4, 0.5) is 24.7 Å². The highest BCUT2D eigenvalue weighted by molar-refractivity contribution is 7.91. The Morgan fingerprint density at radius 1 is 1.23 bits per heavy atom. The number of hydrogen-bond donors (Lipinski definition) is 0. The van der Waals surface area contributed by atoms with E-state index in [-0.39, 0.29) is 45.7 Å². The maximum absolute atomic E-state index is 12.9. The number of carbonyl (C=O) groups is 2. The lowest BCUT2D eigenvalue weighted by Crippen LogP contribution is -2.28. The minimum Gasteiger partial charge on any atom is -0.314 e. The summed E-state index contributed by atoms with van der Waals surface area (Å²) in [5, 5.41) is 0. The molecule has 0 bridgehead atoms. The van der Waals surface area contributed by atoms with Crippen LogP contribution in [0, 0.1) is 0 Å². The molecular formula is C18H17F3N4O4S. The van der Waals surface area contributed by atoms with Gasteiger partial charge in [-0.05, 0) is 12.1 Å². The summed E-state index contributed by atoms with van der Waals surface area (Å²) in [4.78, 5) is 33.7. The standard InChI is InChI=1S/C18H17F3N4O4S/c1-4-30(28,29)14-5-12(24(3)10(2)26)8-23-16(14)25-9-11-7-22-15(18(19,20)21)6-13(11)17(25)27/h5-8H,4,9H2,1-3H3. The Hall–Kier alpha value is -3.02. The van der Waals surface area contributed by atoms with Crippen LogP contribution in [0.5, 0.6) is 0 Å². The van der Waals surface area contributed by atoms with Crippen LogP contribution in [-0.2, 0) is 27.4 Å². The van der Waals surface area contributed by atoms with Crippen LogP contribution in [-0.4, -0.2) is 43.0 Å². The maximum Gasteiger partial charge on any atom is 0.433 e. The zero-order valence-corrected chi connectivity index (χ0v) is 17.0. The molecule has 0 unspecified atom stereocenters. The van der Waals surface area contributed by atoms with Crippen LogP contribution in [0.1, 0.15) is 35.5 Å². The number of fused-ring (bicyclic) bond motifs is 1. The van der Waals surface area contributed by atoms with Gasteiger partial charge >= 0.3 is 6.18 Å². The predicted molar refractivity (Wildman–Crippen MR) is 101 cm³/mol. The number of alkyl halides is 3. The van der Waals surface area contributed by atoms with Crippen LogP contribution in [0.2, 0.25) is 0 Å². The lowest BCUT2D eigenvalue weighted by Gasteiger charge is -2.21. The summed E-state index contributed by atoms with van der Waals surface area (Å²) in [5.41, 5.74) is -1.02. The topological polar surface area (TPSA) is 101 Å². The highest BCUT2D eigenvalue weighted by Crippen LogP contribution is 2.36. The van der Waals surface area contributed by atoms with E-state index in [9.17, 15) is 31.2 Å². The fourth-order valence-electron chi connectivity index (χ4n) is 2.90. The molecule has 30 heavy (non-hydrogen) atoms. The minimum absolute atomic E-state index is 0.180. The van der Waals surface area contributed by atoms with Gasteiger partial charge in [-0.1, -0.05) is 6.92 Å². The molecule has 0 saturated heterocycles. The van der Waals surface area contributed by atoms with Crippen molar-refractivity contribution in [2.45, 2.75) is 31.5 Å². The van der Waals surface area contributed by atoms with Crippen molar-refractivity contribution in [3.05, 3.63) is 41.3 Å². The Labute approximate surface area is 170 Å². The van der Waals surface area contributed by atoms with Crippen molar-refractivity contribution in [1.82, 2.24) is 9.97 Å². The van der Waals surface area contributed by atoms with Crippen molar-refractivity contribution in [2.24, 2.45) is 0 Å². The molecule has 8 nitrogen and oxygen atoms in total. The summed E-state index contributed by atoms with van der Waals surface area (Å²) < 4.78 is 64.1. The van der Waals surface area contributed by atoms with Crippen molar-refractivity contribution in [3.63, 3.8) is 0 Å². The lowest BCUT2D eigenvalue weighted by atomic mass is 10.1. The Morgan fingerprint density at radius 2 is 1.90 bits per heavy atom. The van der Waals surface area contributed by atoms with E-state index >= 15 is 0 Å². The Balaban J connectivity index is 2.11. The second-order valence-electron chi connectivity index (χ2n) is 6.61. The molecular weight excluding hydrogens is 425 g/mol. The van der Waals surface area contributed by atoms with Crippen LogP contribution in [0.15, 0.2) is 29.4 Å². The molecule has 0 N–H and O–H groups in total. The van der Waals surface area contributed by atoms with Gasteiger partial charge in [0.15, 0.2) is 15.7 Å². The van der Waals surface area contributed by atoms with Crippen molar-refractivity contribution in [3.8, 4) is 0 Å². The molecule has 0 fully saturated rings. The Bertz CT molecular complexity index is 1150. The normalized spacial score (nSPS) is 14.1. The molecule has 160 valence electrons. The zero-order valence-electron chi connectivity index (χ0n) is 16.2. The number of halogens is 3. The number of hydrogen-bond acceptors (Lipinski definition) is 6. The van der Waals surface area contributed by atoms with E-state index in [2.05, 4.69) is 9.97 Å². The van der Waals surface area contributed by atoms with Gasteiger partial charge in [0.1, 0.15) is 10.6 Å². The molecule has 0 atom stereocenters. The molecule has 0 aromatic carbocycles. The van der Waals surface area contributed by atoms with E-state index in [0.29, 0.717) is 6.07 Å². The highest BCUT2D eigenvalue weighted by atomic mass is 32.2. The van der Waals surface area contributed by atoms with Crippen molar-refractivity contribution in [1.29, 1.82) is 0 Å². The molecule has 12 heteroatoms. The van der Waals surface area contributed by atoms with Gasteiger partial charge in [-0.15, -0.1) is 0 Å². The first-order valence-electron chi connectivity index (χ1n) is 8.72. The number of nitrogens with zero attached hydrogens (tertiary/aromatic N) is 4. The van der Waals surface area contributed by atoms with E-state index in [1.54, 1.807) is 0 Å². The highest BCUT2D eigenvalue weighted by Gasteiger charge is 2.38. The van der Waals surface area contributed by atoms with Gasteiger partial charge in [0.25, 0.3) is 5.91 Å². The first-order chi connectivity index (χ1) is 13.9. The molecule has 0 aliphatic carbocycles. The van der Waals surface area contributed by atoms with Gasteiger partial charge in [0.2, 0.25) is 5.91 Å². The SMILES string of the molecule is CCS(=O)(=O)c1cc(N(C)C(C)=O)cnc1N1Cc2cnc(C(F)(F)F)cc2C1=O. The van der Waals surface area contributed by atoms with E-state index < -0.39 is 27.6 Å². The van der Waals surface area contributed by atoms with Crippen LogP contribution < -0.4 is 9.80 Å². The van der Waals surface area contributed by atoms with E-state index in [4.69, 9.17) is 0 Å². The molecule has 0 radical (unpaired) electrons. The third-order valence-electron chi connectivity index (χ3n) is 4.73. The van der Waals surface area contributed by atoms with Gasteiger partial charge in [0, 0.05) is 31.3 Å². The molecule has 0 saturated carbocycles. The van der Waals surface area contributed by atoms with E-state index in [0.717, 1.165) is 11.1 Å². The van der Waals surface area contributed by atoms with Crippen molar-refractivity contribution < 1.29 is 31.2 Å². The van der Waals surface area contributed by atoms with Gasteiger partial charge in [-0.3, -0.25) is 19.5 Å². The molecule has 0 spiro atoms. The average Bonchev–Trinajstić information content (AvgIpc) is 3.02. The molecule has 1 aliphatic rings. The van der Waals surface area contributed by atoms with Crippen LogP contribution in [0.3, 0.4) is 0 Å². The number of sulfone groups is 1. The smallest absolute Gasteiger partial charge is 0.314 e. The maximum atomic E-state index is 12.9. The van der Waals surface area contributed by atoms with Crippen molar-refractivity contribution in [2.75, 3.05) is 22.6 Å². The summed E-state index contributed by atoms with van der Waals surface area (Å²) in [6.45, 7) is 2.51. The number of rotatable bonds is 4. The van der Waals surface area contributed by atoms with E-state index in [1.807, 2.05) is 0 Å². The quantitative estimate of drug-likeness (QED) is 0.721. The van der Waals surface area contributed by atoms with Gasteiger partial charge in [-0.25, -0.2) is 13.4 Å². The zero-order chi connectivity index (χ0) is 22.4. The summed E-state index contributed by atoms with van der Waals surface area (Å²) in [5.74, 6) is -1.69. The van der Waals surface area contributed by atoms with Gasteiger partial charge in [0.05, 0.1) is 24.2 Å². The molecule has 2 amide bonds. The average molecular weight is 442 g/mol. The fraction of sp³-hybridized carbons (Fsp3) is 0.333. The Morgan fingerprint density at radius 3 is 2.47 bits per heavy atom. The molecule has 2 aromatic rings. The second kappa shape index (κ2) is 7.35. The number of carbonyl (C=O) groups excluding carboxylic acids is 2. The fourth-order valence-corrected chi connectivity index (χ4v) is 3.95. The molecule has 3 rings (SSSR count). The largest absolute Gasteiger partial charge is 0.433 e. The van der Waals surface area contributed by atoms with E-state index in [1.165, 1.54) is 38.1 Å². The molecule has 2 aromatic heterocycles. The summed E-state index contributed by atoms with van der Waals surface area (Å²) in [6, 6.07) is 1.86. The summed E-state index contributed by atoms with van der Waals surface area (Å²) in [6.07, 6.45) is -2.56. The molecule has 3 heterocycles. The Kier molecular flexibility index (Phi) is 5.31. The second-order valence-corrected chi connectivity index (χ2v) is 8.86. The predicted octanol–water partition coefficient (Wildman–Crippen LogP) is 2.43. The number of aromatic nitrogens is 2. The summed E-state index contributed by atoms with van der Waals surface area (Å²) >= 11 is 0. The monoisotopic (exact) mass is 442 g/mol. The van der Waals surface area contributed by atoms with Gasteiger partial charge < -0.3 is 4.90 Å². The third kappa shape index (κ3) is 3.74. The lowest BCUT2D eigenvalue weighted by molar-refractivity contribution is -0.141. The third-order valence-corrected chi connectivity index (χ3v) is 6.46. The number of anilines is 2. The minimum atomic E-state index is -4.73. The van der Waals surface area contributed by atoms with Crippen molar-refractivity contribution >= 4 is 33.2 Å². The first kappa shape index (κ1) is 21.7.